The number of ether oxygens (including phenoxy) is 1. The molecule has 2 N–H and O–H groups in total. The van der Waals surface area contributed by atoms with Gasteiger partial charge >= 0.3 is 0 Å². The monoisotopic (exact) mass is 274 g/mol. The lowest BCUT2D eigenvalue weighted by Gasteiger charge is -2.07. The molecule has 0 saturated carbocycles. The summed E-state index contributed by atoms with van der Waals surface area (Å²) >= 11 is 0. The third-order valence-electron chi connectivity index (χ3n) is 2.91. The second kappa shape index (κ2) is 6.23. The van der Waals surface area contributed by atoms with E-state index in [0.717, 1.165) is 6.42 Å². The summed E-state index contributed by atoms with van der Waals surface area (Å²) < 4.78 is 5.41. The van der Waals surface area contributed by atoms with Crippen LogP contribution in [0.25, 0.3) is 11.4 Å². The zero-order valence-electron chi connectivity index (χ0n) is 11.6. The fourth-order valence-corrected chi connectivity index (χ4v) is 2.00. The Morgan fingerprint density at radius 1 is 1.35 bits per heavy atom. The number of rotatable bonds is 5. The molecule has 5 nitrogen and oxygen atoms in total. The zero-order valence-corrected chi connectivity index (χ0v) is 11.6. The van der Waals surface area contributed by atoms with Crippen LogP contribution < -0.4 is 10.3 Å². The number of aromatic nitrogens is 2. The number of benzene rings is 1. The van der Waals surface area contributed by atoms with Crippen molar-refractivity contribution in [3.8, 4) is 23.0 Å². The minimum absolute atomic E-state index is 0.201. The minimum atomic E-state index is -0.295. The Hall–Kier alpha value is -2.30. The van der Waals surface area contributed by atoms with Gasteiger partial charge in [0.2, 0.25) is 5.88 Å². The van der Waals surface area contributed by atoms with Crippen LogP contribution >= 0.6 is 0 Å². The lowest BCUT2D eigenvalue weighted by atomic mass is 10.1. The fourth-order valence-electron chi connectivity index (χ4n) is 2.00. The number of aromatic hydroxyl groups is 1. The Morgan fingerprint density at radius 3 is 2.80 bits per heavy atom. The van der Waals surface area contributed by atoms with E-state index in [0.29, 0.717) is 35.7 Å². The number of H-pyrrole nitrogens is 1. The highest BCUT2D eigenvalue weighted by Crippen LogP contribution is 2.22. The lowest BCUT2D eigenvalue weighted by Crippen LogP contribution is -2.15. The van der Waals surface area contributed by atoms with Gasteiger partial charge in [0, 0.05) is 5.56 Å². The maximum atomic E-state index is 11.9. The maximum Gasteiger partial charge on any atom is 0.258 e. The molecule has 1 aromatic heterocycles. The topological polar surface area (TPSA) is 75.2 Å². The van der Waals surface area contributed by atoms with Gasteiger partial charge in [-0.25, -0.2) is 0 Å². The molecule has 106 valence electrons. The van der Waals surface area contributed by atoms with Crippen molar-refractivity contribution in [1.29, 1.82) is 0 Å². The predicted octanol–water partition coefficient (Wildman–Crippen LogP) is 2.49. The van der Waals surface area contributed by atoms with Crippen molar-refractivity contribution in [1.82, 2.24) is 9.97 Å². The van der Waals surface area contributed by atoms with Gasteiger partial charge in [-0.1, -0.05) is 25.5 Å². The van der Waals surface area contributed by atoms with Crippen LogP contribution in [0.3, 0.4) is 0 Å². The van der Waals surface area contributed by atoms with E-state index in [2.05, 4.69) is 9.97 Å². The normalized spacial score (nSPS) is 10.5. The van der Waals surface area contributed by atoms with E-state index in [-0.39, 0.29) is 11.4 Å². The molecule has 2 rings (SSSR count). The Labute approximate surface area is 117 Å². The maximum absolute atomic E-state index is 11.9. The molecule has 0 saturated heterocycles. The summed E-state index contributed by atoms with van der Waals surface area (Å²) in [5.41, 5.74) is 0.736. The molecule has 1 aromatic carbocycles. The number of nitrogens with zero attached hydrogens (tertiary/aromatic N) is 1. The number of nitrogens with one attached hydrogen (secondary N) is 1. The molecular formula is C15H18N2O3. The molecule has 0 radical (unpaired) electrons. The molecule has 0 aliphatic rings. The van der Waals surface area contributed by atoms with E-state index in [9.17, 15) is 9.90 Å². The highest BCUT2D eigenvalue weighted by molar-refractivity contribution is 5.58. The van der Waals surface area contributed by atoms with Gasteiger partial charge < -0.3 is 14.8 Å². The van der Waals surface area contributed by atoms with Crippen LogP contribution in [-0.4, -0.2) is 21.7 Å². The van der Waals surface area contributed by atoms with Gasteiger partial charge in [-0.3, -0.25) is 4.79 Å². The standard InChI is InChI=1S/C15H18N2O3/c1-3-6-12-14(18)16-13(17-15(12)19)10-7-5-8-11(9-10)20-4-2/h5,7-9H,3-4,6H2,1-2H3,(H2,16,17,18,19). The van der Waals surface area contributed by atoms with Gasteiger partial charge in [-0.05, 0) is 25.5 Å². The average Bonchev–Trinajstić information content (AvgIpc) is 2.43. The van der Waals surface area contributed by atoms with Crippen LogP contribution in [0.5, 0.6) is 11.6 Å². The summed E-state index contributed by atoms with van der Waals surface area (Å²) in [6.45, 7) is 4.41. The smallest absolute Gasteiger partial charge is 0.258 e. The SMILES string of the molecule is CCCc1c(O)nc(-c2cccc(OCC)c2)[nH]c1=O. The molecular weight excluding hydrogens is 256 g/mol. The molecule has 0 aliphatic heterocycles. The van der Waals surface area contributed by atoms with Crippen molar-refractivity contribution in [3.05, 3.63) is 40.2 Å². The highest BCUT2D eigenvalue weighted by atomic mass is 16.5. The highest BCUT2D eigenvalue weighted by Gasteiger charge is 2.11. The fraction of sp³-hybridized carbons (Fsp3) is 0.333. The van der Waals surface area contributed by atoms with Crippen molar-refractivity contribution in [2.24, 2.45) is 0 Å². The molecule has 0 amide bonds. The largest absolute Gasteiger partial charge is 0.494 e. The molecule has 5 heteroatoms. The molecule has 0 spiro atoms. The number of hydrogen-bond acceptors (Lipinski definition) is 4. The van der Waals surface area contributed by atoms with E-state index in [1.807, 2.05) is 26.0 Å². The summed E-state index contributed by atoms with van der Waals surface area (Å²) in [4.78, 5) is 18.7. The van der Waals surface area contributed by atoms with Crippen LogP contribution in [0, 0.1) is 0 Å². The molecule has 0 aliphatic carbocycles. The van der Waals surface area contributed by atoms with E-state index >= 15 is 0 Å². The molecule has 0 bridgehead atoms. The lowest BCUT2D eigenvalue weighted by molar-refractivity contribution is 0.340. The first-order chi connectivity index (χ1) is 9.65. The van der Waals surface area contributed by atoms with Crippen LogP contribution in [0.4, 0.5) is 0 Å². The summed E-state index contributed by atoms with van der Waals surface area (Å²) in [5.74, 6) is 0.839. The van der Waals surface area contributed by atoms with E-state index in [1.54, 1.807) is 12.1 Å². The van der Waals surface area contributed by atoms with Gasteiger partial charge in [0.15, 0.2) is 0 Å². The third kappa shape index (κ3) is 2.99. The second-order valence-electron chi connectivity index (χ2n) is 4.43. The van der Waals surface area contributed by atoms with Gasteiger partial charge in [0.1, 0.15) is 11.6 Å². The van der Waals surface area contributed by atoms with Crippen LogP contribution in [0.15, 0.2) is 29.1 Å². The molecule has 0 atom stereocenters. The van der Waals surface area contributed by atoms with Crippen LogP contribution in [0.1, 0.15) is 25.8 Å². The summed E-state index contributed by atoms with van der Waals surface area (Å²) in [6, 6.07) is 7.23. The van der Waals surface area contributed by atoms with Crippen molar-refractivity contribution in [2.45, 2.75) is 26.7 Å². The molecule has 2 aromatic rings. The van der Waals surface area contributed by atoms with Gasteiger partial charge in [0.25, 0.3) is 5.56 Å². The molecule has 1 heterocycles. The molecule has 0 unspecified atom stereocenters. The van der Waals surface area contributed by atoms with Crippen LogP contribution in [-0.2, 0) is 6.42 Å². The molecule has 0 fully saturated rings. The first kappa shape index (κ1) is 14.1. The summed E-state index contributed by atoms with van der Waals surface area (Å²) in [6.07, 6.45) is 1.28. The minimum Gasteiger partial charge on any atom is -0.494 e. The first-order valence-corrected chi connectivity index (χ1v) is 6.71. The van der Waals surface area contributed by atoms with E-state index < -0.39 is 0 Å². The average molecular weight is 274 g/mol. The second-order valence-corrected chi connectivity index (χ2v) is 4.43. The zero-order chi connectivity index (χ0) is 14.5. The summed E-state index contributed by atoms with van der Waals surface area (Å²) in [5, 5.41) is 9.87. The Morgan fingerprint density at radius 2 is 2.15 bits per heavy atom. The third-order valence-corrected chi connectivity index (χ3v) is 2.91. The number of aromatic amines is 1. The predicted molar refractivity (Wildman–Crippen MR) is 77.1 cm³/mol. The summed E-state index contributed by atoms with van der Waals surface area (Å²) in [7, 11) is 0. The van der Waals surface area contributed by atoms with Crippen molar-refractivity contribution < 1.29 is 9.84 Å². The van der Waals surface area contributed by atoms with Crippen molar-refractivity contribution in [2.75, 3.05) is 6.61 Å². The molecule has 20 heavy (non-hydrogen) atoms. The van der Waals surface area contributed by atoms with Crippen molar-refractivity contribution in [3.63, 3.8) is 0 Å². The van der Waals surface area contributed by atoms with Crippen molar-refractivity contribution >= 4 is 0 Å². The van der Waals surface area contributed by atoms with E-state index in [1.165, 1.54) is 0 Å². The van der Waals surface area contributed by atoms with Crippen LogP contribution in [0.2, 0.25) is 0 Å². The number of hydrogen-bond donors (Lipinski definition) is 2. The Balaban J connectivity index is 2.43. The van der Waals surface area contributed by atoms with Gasteiger partial charge in [-0.15, -0.1) is 0 Å². The Bertz CT molecular complexity index is 650. The van der Waals surface area contributed by atoms with Gasteiger partial charge in [0.05, 0.1) is 12.2 Å². The van der Waals surface area contributed by atoms with Gasteiger partial charge in [-0.2, -0.15) is 4.98 Å². The Kier molecular flexibility index (Phi) is 4.40. The first-order valence-electron chi connectivity index (χ1n) is 6.71. The quantitative estimate of drug-likeness (QED) is 0.878. The van der Waals surface area contributed by atoms with E-state index in [4.69, 9.17) is 4.74 Å².